The van der Waals surface area contributed by atoms with E-state index >= 15 is 0 Å². The summed E-state index contributed by atoms with van der Waals surface area (Å²) in [7, 11) is 0. The fraction of sp³-hybridized carbons (Fsp3) is 0.227. The molecule has 28 heavy (non-hydrogen) atoms. The van der Waals surface area contributed by atoms with Gasteiger partial charge in [0.1, 0.15) is 5.69 Å². The maximum atomic E-state index is 12.5. The highest BCUT2D eigenvalue weighted by atomic mass is 16.2. The van der Waals surface area contributed by atoms with E-state index in [-0.39, 0.29) is 11.9 Å². The van der Waals surface area contributed by atoms with Gasteiger partial charge in [-0.1, -0.05) is 24.3 Å². The van der Waals surface area contributed by atoms with Gasteiger partial charge >= 0.3 is 0 Å². The number of H-pyrrole nitrogens is 1. The van der Waals surface area contributed by atoms with Crippen LogP contribution in [0, 0.1) is 6.92 Å². The van der Waals surface area contributed by atoms with E-state index in [4.69, 9.17) is 0 Å². The van der Waals surface area contributed by atoms with Crippen LogP contribution >= 0.6 is 0 Å². The van der Waals surface area contributed by atoms with Crippen molar-refractivity contribution in [3.63, 3.8) is 0 Å². The topological polar surface area (TPSA) is 75.6 Å². The second-order valence-electron chi connectivity index (χ2n) is 7.13. The molecule has 0 radical (unpaired) electrons. The number of aromatic amines is 1. The number of benzene rings is 1. The number of aromatic nitrogens is 4. The zero-order valence-electron chi connectivity index (χ0n) is 16.0. The monoisotopic (exact) mass is 373 g/mol. The number of para-hydroxylation sites is 1. The average Bonchev–Trinajstić information content (AvgIpc) is 3.32. The van der Waals surface area contributed by atoms with Gasteiger partial charge < -0.3 is 9.88 Å². The molecule has 1 atom stereocenters. The number of pyridine rings is 1. The lowest BCUT2D eigenvalue weighted by Gasteiger charge is -2.13. The Morgan fingerprint density at radius 2 is 2.07 bits per heavy atom. The van der Waals surface area contributed by atoms with Crippen molar-refractivity contribution in [2.75, 3.05) is 0 Å². The van der Waals surface area contributed by atoms with E-state index in [9.17, 15) is 4.79 Å². The van der Waals surface area contributed by atoms with Crippen LogP contribution in [-0.4, -0.2) is 31.7 Å². The first-order chi connectivity index (χ1) is 13.6. The molecule has 142 valence electrons. The summed E-state index contributed by atoms with van der Waals surface area (Å²) in [6.45, 7) is 4.64. The van der Waals surface area contributed by atoms with Crippen molar-refractivity contribution in [2.45, 2.75) is 32.9 Å². The lowest BCUT2D eigenvalue weighted by Crippen LogP contribution is -2.34. The van der Waals surface area contributed by atoms with Crippen molar-refractivity contribution in [3.05, 3.63) is 83.6 Å². The normalized spacial score (nSPS) is 12.2. The fourth-order valence-corrected chi connectivity index (χ4v) is 3.39. The number of amides is 1. The standard InChI is InChI=1S/C22H23N5O/c1-15-6-5-10-23-19(15)12-16(2)24-22(28)20-13-18(25-26-20)14-27-11-9-17-7-3-4-8-21(17)27/h3-11,13,16H,12,14H2,1-2H3,(H,24,28)(H,25,26)/t16-/m0/s1. The Labute approximate surface area is 163 Å². The molecule has 0 aliphatic carbocycles. The highest BCUT2D eigenvalue weighted by Gasteiger charge is 2.15. The first kappa shape index (κ1) is 18.0. The maximum absolute atomic E-state index is 12.5. The van der Waals surface area contributed by atoms with E-state index < -0.39 is 0 Å². The minimum absolute atomic E-state index is 0.0327. The first-order valence-electron chi connectivity index (χ1n) is 9.39. The molecule has 0 aliphatic rings. The predicted molar refractivity (Wildman–Crippen MR) is 109 cm³/mol. The molecule has 3 aromatic heterocycles. The van der Waals surface area contributed by atoms with Crippen LogP contribution in [0.1, 0.15) is 34.4 Å². The number of nitrogens with zero attached hydrogens (tertiary/aromatic N) is 3. The molecular formula is C22H23N5O. The largest absolute Gasteiger partial charge is 0.348 e. The van der Waals surface area contributed by atoms with Gasteiger partial charge in [-0.2, -0.15) is 5.10 Å². The average molecular weight is 373 g/mol. The first-order valence-corrected chi connectivity index (χ1v) is 9.39. The van der Waals surface area contributed by atoms with E-state index in [1.54, 1.807) is 6.20 Å². The van der Waals surface area contributed by atoms with Gasteiger partial charge in [-0.05, 0) is 49.1 Å². The van der Waals surface area contributed by atoms with E-state index in [1.807, 2.05) is 50.4 Å². The molecule has 3 heterocycles. The Bertz CT molecular complexity index is 1110. The molecule has 0 fully saturated rings. The zero-order valence-corrected chi connectivity index (χ0v) is 16.0. The lowest BCUT2D eigenvalue weighted by molar-refractivity contribution is 0.0935. The molecule has 0 spiro atoms. The molecule has 0 saturated heterocycles. The Hall–Kier alpha value is -3.41. The summed E-state index contributed by atoms with van der Waals surface area (Å²) in [6.07, 6.45) is 4.51. The second-order valence-corrected chi connectivity index (χ2v) is 7.13. The van der Waals surface area contributed by atoms with Gasteiger partial charge in [-0.3, -0.25) is 14.9 Å². The Morgan fingerprint density at radius 3 is 2.93 bits per heavy atom. The van der Waals surface area contributed by atoms with Crippen LogP contribution in [0.15, 0.2) is 60.9 Å². The van der Waals surface area contributed by atoms with Gasteiger partial charge in [-0.25, -0.2) is 0 Å². The van der Waals surface area contributed by atoms with Crippen LogP contribution in [-0.2, 0) is 13.0 Å². The van der Waals surface area contributed by atoms with E-state index in [1.165, 1.54) is 5.39 Å². The van der Waals surface area contributed by atoms with Crippen molar-refractivity contribution >= 4 is 16.8 Å². The van der Waals surface area contributed by atoms with Crippen molar-refractivity contribution in [2.24, 2.45) is 0 Å². The summed E-state index contributed by atoms with van der Waals surface area (Å²) in [5, 5.41) is 11.4. The summed E-state index contributed by atoms with van der Waals surface area (Å²) in [5.74, 6) is -0.180. The Balaban J connectivity index is 1.41. The number of hydrogen-bond acceptors (Lipinski definition) is 3. The van der Waals surface area contributed by atoms with Crippen LogP contribution in [0.5, 0.6) is 0 Å². The van der Waals surface area contributed by atoms with E-state index in [2.05, 4.69) is 43.3 Å². The van der Waals surface area contributed by atoms with Crippen LogP contribution in [0.3, 0.4) is 0 Å². The quantitative estimate of drug-likeness (QED) is 0.543. The van der Waals surface area contributed by atoms with Crippen molar-refractivity contribution in [3.8, 4) is 0 Å². The third kappa shape index (κ3) is 3.81. The van der Waals surface area contributed by atoms with Gasteiger partial charge in [0.15, 0.2) is 0 Å². The number of fused-ring (bicyclic) bond motifs is 1. The Kier molecular flexibility index (Phi) is 4.93. The highest BCUT2D eigenvalue weighted by Crippen LogP contribution is 2.16. The minimum atomic E-state index is -0.180. The molecule has 0 aliphatic heterocycles. The zero-order chi connectivity index (χ0) is 19.5. The van der Waals surface area contributed by atoms with Crippen molar-refractivity contribution < 1.29 is 4.79 Å². The molecule has 4 aromatic rings. The summed E-state index contributed by atoms with van der Waals surface area (Å²) in [4.78, 5) is 16.9. The van der Waals surface area contributed by atoms with E-state index in [0.29, 0.717) is 18.7 Å². The van der Waals surface area contributed by atoms with Gasteiger partial charge in [0.25, 0.3) is 5.91 Å². The Morgan fingerprint density at radius 1 is 1.21 bits per heavy atom. The molecule has 2 N–H and O–H groups in total. The summed E-state index contributed by atoms with van der Waals surface area (Å²) in [6, 6.07) is 16.0. The molecule has 0 saturated carbocycles. The number of carbonyl (C=O) groups excluding carboxylic acids is 1. The molecule has 0 unspecified atom stereocenters. The maximum Gasteiger partial charge on any atom is 0.271 e. The summed E-state index contributed by atoms with van der Waals surface area (Å²) < 4.78 is 2.14. The molecular weight excluding hydrogens is 350 g/mol. The minimum Gasteiger partial charge on any atom is -0.348 e. The smallest absolute Gasteiger partial charge is 0.271 e. The predicted octanol–water partition coefficient (Wildman–Crippen LogP) is 3.48. The van der Waals surface area contributed by atoms with Gasteiger partial charge in [0.2, 0.25) is 0 Å². The second kappa shape index (κ2) is 7.68. The number of nitrogens with one attached hydrogen (secondary N) is 2. The molecule has 1 aromatic carbocycles. The summed E-state index contributed by atoms with van der Waals surface area (Å²) >= 11 is 0. The third-order valence-electron chi connectivity index (χ3n) is 4.88. The number of aryl methyl sites for hydroxylation is 1. The van der Waals surface area contributed by atoms with Gasteiger partial charge in [-0.15, -0.1) is 0 Å². The van der Waals surface area contributed by atoms with Crippen LogP contribution in [0.2, 0.25) is 0 Å². The molecule has 4 rings (SSSR count). The van der Waals surface area contributed by atoms with Crippen LogP contribution in [0.25, 0.3) is 10.9 Å². The van der Waals surface area contributed by atoms with Gasteiger partial charge in [0.05, 0.1) is 12.2 Å². The molecule has 0 bridgehead atoms. The summed E-state index contributed by atoms with van der Waals surface area (Å²) in [5.41, 5.74) is 4.57. The van der Waals surface area contributed by atoms with E-state index in [0.717, 1.165) is 22.5 Å². The number of rotatable bonds is 6. The molecule has 6 nitrogen and oxygen atoms in total. The third-order valence-corrected chi connectivity index (χ3v) is 4.88. The molecule has 1 amide bonds. The molecule has 6 heteroatoms. The van der Waals surface area contributed by atoms with Crippen LogP contribution in [0.4, 0.5) is 0 Å². The SMILES string of the molecule is Cc1cccnc1C[C@H](C)NC(=O)c1cc(Cn2ccc3ccccc32)[nH]n1. The van der Waals surface area contributed by atoms with Gasteiger partial charge in [0, 0.05) is 36.1 Å². The highest BCUT2D eigenvalue weighted by molar-refractivity contribution is 5.92. The number of carbonyl (C=O) groups is 1. The lowest BCUT2D eigenvalue weighted by atomic mass is 10.1. The van der Waals surface area contributed by atoms with Crippen LogP contribution < -0.4 is 5.32 Å². The van der Waals surface area contributed by atoms with Crippen molar-refractivity contribution in [1.82, 2.24) is 25.1 Å². The fourth-order valence-electron chi connectivity index (χ4n) is 3.39. The van der Waals surface area contributed by atoms with Crippen molar-refractivity contribution in [1.29, 1.82) is 0 Å². The number of hydrogen-bond donors (Lipinski definition) is 2.